The lowest BCUT2D eigenvalue weighted by molar-refractivity contribution is 0.00685. The molecule has 0 radical (unpaired) electrons. The topological polar surface area (TPSA) is 44.8 Å². The standard InChI is InChI=1S/C38H50F2O4/c1-4-6-8-9-10-11-12-13-27-42-34-23-21-33(22-24-34)38(41)44-35-25-19-31(20-26-35)30-15-17-32(18-16-30)36(37(39)40)28-43-29(3)14-7-5-2/h15-26,29,36-37H,4-14,27-28H2,1-3H3/t29-,36-/m0/s1. The second kappa shape index (κ2) is 19.9. The molecule has 0 heterocycles. The van der Waals surface area contributed by atoms with Crippen LogP contribution < -0.4 is 9.47 Å². The molecule has 6 heteroatoms. The molecule has 3 rings (SSSR count). The van der Waals surface area contributed by atoms with Gasteiger partial charge in [-0.2, -0.15) is 0 Å². The van der Waals surface area contributed by atoms with Gasteiger partial charge in [0.05, 0.1) is 30.8 Å². The molecule has 0 N–H and O–H groups in total. The molecular weight excluding hydrogens is 558 g/mol. The number of halogens is 2. The normalized spacial score (nSPS) is 12.7. The summed E-state index contributed by atoms with van der Waals surface area (Å²) in [6, 6.07) is 21.3. The number of alkyl halides is 2. The fourth-order valence-electron chi connectivity index (χ4n) is 5.07. The predicted octanol–water partition coefficient (Wildman–Crippen LogP) is 11.0. The van der Waals surface area contributed by atoms with Crippen molar-refractivity contribution >= 4 is 5.97 Å². The highest BCUT2D eigenvalue weighted by Crippen LogP contribution is 2.29. The van der Waals surface area contributed by atoms with Gasteiger partial charge in [0.25, 0.3) is 0 Å². The molecule has 44 heavy (non-hydrogen) atoms. The Hall–Kier alpha value is -3.25. The zero-order valence-electron chi connectivity index (χ0n) is 26.7. The van der Waals surface area contributed by atoms with E-state index in [1.54, 1.807) is 48.5 Å². The van der Waals surface area contributed by atoms with E-state index in [-0.39, 0.29) is 12.7 Å². The Balaban J connectivity index is 1.45. The molecule has 0 spiro atoms. The molecule has 0 bridgehead atoms. The zero-order valence-corrected chi connectivity index (χ0v) is 26.7. The molecular formula is C38H50F2O4. The lowest BCUT2D eigenvalue weighted by Gasteiger charge is -2.20. The Morgan fingerprint density at radius 2 is 1.23 bits per heavy atom. The SMILES string of the molecule is CCCCCCCCCCOc1ccc(C(=O)Oc2ccc(-c3ccc([C@H](CO[C@@H](C)CCCC)C(F)F)cc3)cc2)cc1. The van der Waals surface area contributed by atoms with Crippen molar-refractivity contribution in [1.29, 1.82) is 0 Å². The van der Waals surface area contributed by atoms with Crippen molar-refractivity contribution in [2.75, 3.05) is 13.2 Å². The van der Waals surface area contributed by atoms with Gasteiger partial charge < -0.3 is 14.2 Å². The van der Waals surface area contributed by atoms with E-state index in [1.807, 2.05) is 31.2 Å². The number of benzene rings is 3. The Bertz CT molecular complexity index is 1190. The molecule has 2 atom stereocenters. The summed E-state index contributed by atoms with van der Waals surface area (Å²) in [6.45, 7) is 6.95. The summed E-state index contributed by atoms with van der Waals surface area (Å²) < 4.78 is 44.7. The number of rotatable bonds is 21. The Labute approximate surface area is 263 Å². The van der Waals surface area contributed by atoms with Crippen molar-refractivity contribution in [1.82, 2.24) is 0 Å². The highest BCUT2D eigenvalue weighted by Gasteiger charge is 2.23. The smallest absolute Gasteiger partial charge is 0.343 e. The van der Waals surface area contributed by atoms with Crippen LogP contribution in [0, 0.1) is 0 Å². The van der Waals surface area contributed by atoms with Crippen LogP contribution in [0.2, 0.25) is 0 Å². The minimum atomic E-state index is -2.50. The Morgan fingerprint density at radius 3 is 1.82 bits per heavy atom. The first kappa shape index (κ1) is 35.2. The molecule has 240 valence electrons. The summed E-state index contributed by atoms with van der Waals surface area (Å²) in [5.41, 5.74) is 2.79. The van der Waals surface area contributed by atoms with Crippen LogP contribution in [-0.2, 0) is 4.74 Å². The van der Waals surface area contributed by atoms with Crippen LogP contribution in [0.1, 0.15) is 113 Å². The zero-order chi connectivity index (χ0) is 31.6. The van der Waals surface area contributed by atoms with Crippen LogP contribution in [0.4, 0.5) is 8.78 Å². The molecule has 0 aliphatic heterocycles. The maximum absolute atomic E-state index is 13.8. The van der Waals surface area contributed by atoms with Crippen molar-refractivity contribution < 1.29 is 27.8 Å². The lowest BCUT2D eigenvalue weighted by atomic mass is 9.97. The van der Waals surface area contributed by atoms with Gasteiger partial charge in [-0.1, -0.05) is 108 Å². The van der Waals surface area contributed by atoms with Crippen molar-refractivity contribution in [3.63, 3.8) is 0 Å². The highest BCUT2D eigenvalue weighted by atomic mass is 19.3. The van der Waals surface area contributed by atoms with Crippen LogP contribution in [0.25, 0.3) is 11.1 Å². The van der Waals surface area contributed by atoms with Gasteiger partial charge in [-0.05, 0) is 72.9 Å². The van der Waals surface area contributed by atoms with Crippen LogP contribution in [-0.4, -0.2) is 31.7 Å². The fraction of sp³-hybridized carbons (Fsp3) is 0.500. The molecule has 3 aromatic carbocycles. The molecule has 0 saturated heterocycles. The molecule has 0 aliphatic carbocycles. The van der Waals surface area contributed by atoms with Crippen LogP contribution in [0.15, 0.2) is 72.8 Å². The van der Waals surface area contributed by atoms with Crippen molar-refractivity contribution in [2.24, 2.45) is 0 Å². The van der Waals surface area contributed by atoms with Crippen molar-refractivity contribution in [3.8, 4) is 22.6 Å². The van der Waals surface area contributed by atoms with Gasteiger partial charge in [0, 0.05) is 0 Å². The van der Waals surface area contributed by atoms with Gasteiger partial charge in [-0.15, -0.1) is 0 Å². The number of hydrogen-bond acceptors (Lipinski definition) is 4. The summed E-state index contributed by atoms with van der Waals surface area (Å²) >= 11 is 0. The van der Waals surface area contributed by atoms with E-state index in [2.05, 4.69) is 13.8 Å². The number of hydrogen-bond donors (Lipinski definition) is 0. The summed E-state index contributed by atoms with van der Waals surface area (Å²) in [7, 11) is 0. The summed E-state index contributed by atoms with van der Waals surface area (Å²) in [6.07, 6.45) is 10.4. The van der Waals surface area contributed by atoms with E-state index in [0.29, 0.717) is 23.5 Å². The monoisotopic (exact) mass is 608 g/mol. The summed E-state index contributed by atoms with van der Waals surface area (Å²) in [5, 5.41) is 0. The molecule has 0 fully saturated rings. The molecule has 0 amide bonds. The van der Waals surface area contributed by atoms with Crippen molar-refractivity contribution in [2.45, 2.75) is 110 Å². The highest BCUT2D eigenvalue weighted by molar-refractivity contribution is 5.91. The number of unbranched alkanes of at least 4 members (excludes halogenated alkanes) is 8. The van der Waals surface area contributed by atoms with E-state index in [9.17, 15) is 13.6 Å². The quantitative estimate of drug-likeness (QED) is 0.0685. The van der Waals surface area contributed by atoms with Gasteiger partial charge in [0.2, 0.25) is 6.43 Å². The molecule has 0 saturated carbocycles. The van der Waals surface area contributed by atoms with E-state index >= 15 is 0 Å². The molecule has 0 unspecified atom stereocenters. The summed E-state index contributed by atoms with van der Waals surface area (Å²) in [5.74, 6) is -0.238. The van der Waals surface area contributed by atoms with Crippen molar-refractivity contribution in [3.05, 3.63) is 83.9 Å². The van der Waals surface area contributed by atoms with Crippen LogP contribution >= 0.6 is 0 Å². The number of carbonyl (C=O) groups is 1. The first-order valence-corrected chi connectivity index (χ1v) is 16.5. The fourth-order valence-corrected chi connectivity index (χ4v) is 5.07. The van der Waals surface area contributed by atoms with Crippen LogP contribution in [0.5, 0.6) is 11.5 Å². The van der Waals surface area contributed by atoms with E-state index < -0.39 is 18.3 Å². The largest absolute Gasteiger partial charge is 0.494 e. The number of carbonyl (C=O) groups excluding carboxylic acids is 1. The predicted molar refractivity (Wildman–Crippen MR) is 175 cm³/mol. The molecule has 4 nitrogen and oxygen atoms in total. The van der Waals surface area contributed by atoms with Gasteiger partial charge in [-0.3, -0.25) is 0 Å². The second-order valence-electron chi connectivity index (χ2n) is 11.6. The Morgan fingerprint density at radius 1 is 0.682 bits per heavy atom. The maximum Gasteiger partial charge on any atom is 0.343 e. The third-order valence-corrected chi connectivity index (χ3v) is 7.92. The van der Waals surface area contributed by atoms with Gasteiger partial charge in [-0.25, -0.2) is 13.6 Å². The second-order valence-corrected chi connectivity index (χ2v) is 11.6. The van der Waals surface area contributed by atoms with Crippen LogP contribution in [0.3, 0.4) is 0 Å². The third kappa shape index (κ3) is 12.4. The first-order chi connectivity index (χ1) is 21.4. The number of esters is 1. The van der Waals surface area contributed by atoms with E-state index in [4.69, 9.17) is 14.2 Å². The van der Waals surface area contributed by atoms with E-state index in [0.717, 1.165) is 42.6 Å². The van der Waals surface area contributed by atoms with Gasteiger partial charge in [0.15, 0.2) is 0 Å². The molecule has 0 aromatic heterocycles. The Kier molecular flexibility index (Phi) is 15.9. The first-order valence-electron chi connectivity index (χ1n) is 16.5. The third-order valence-electron chi connectivity index (χ3n) is 7.92. The lowest BCUT2D eigenvalue weighted by Crippen LogP contribution is -2.20. The molecule has 0 aliphatic rings. The maximum atomic E-state index is 13.8. The van der Waals surface area contributed by atoms with E-state index in [1.165, 1.54) is 44.9 Å². The summed E-state index contributed by atoms with van der Waals surface area (Å²) in [4.78, 5) is 12.7. The molecule has 3 aromatic rings. The minimum Gasteiger partial charge on any atom is -0.494 e. The average Bonchev–Trinajstić information content (AvgIpc) is 3.04. The number of ether oxygens (including phenoxy) is 3. The average molecular weight is 609 g/mol. The van der Waals surface area contributed by atoms with Gasteiger partial charge in [0.1, 0.15) is 11.5 Å². The minimum absolute atomic E-state index is 0.00296. The van der Waals surface area contributed by atoms with Gasteiger partial charge >= 0.3 is 5.97 Å².